The number of nitrogens with one attached hydrogen (secondary N) is 2. The number of anilines is 3. The van der Waals surface area contributed by atoms with Crippen molar-refractivity contribution >= 4 is 17.6 Å². The standard InChI is InChI=1S/C23H24F4N6O/c24-18-8-6-16(7-9-18)13-28-20-30-21(32-22(31-20)34-15-23(25,26)27)29-19-5-3-4-17(12-19)14-33-10-1-2-11-33/h3-9,12H,1-2,10-11,13-15H2,(H2,28,29,30,31,32). The molecule has 0 atom stereocenters. The monoisotopic (exact) mass is 476 g/mol. The van der Waals surface area contributed by atoms with E-state index in [9.17, 15) is 17.6 Å². The van der Waals surface area contributed by atoms with E-state index in [0.29, 0.717) is 5.69 Å². The number of hydrogen-bond donors (Lipinski definition) is 2. The van der Waals surface area contributed by atoms with Gasteiger partial charge in [0.25, 0.3) is 0 Å². The highest BCUT2D eigenvalue weighted by Crippen LogP contribution is 2.22. The molecule has 0 radical (unpaired) electrons. The van der Waals surface area contributed by atoms with Crippen molar-refractivity contribution in [1.29, 1.82) is 0 Å². The quantitative estimate of drug-likeness (QED) is 0.426. The predicted molar refractivity (Wildman–Crippen MR) is 119 cm³/mol. The van der Waals surface area contributed by atoms with Crippen LogP contribution in [-0.4, -0.2) is 45.7 Å². The van der Waals surface area contributed by atoms with E-state index >= 15 is 0 Å². The van der Waals surface area contributed by atoms with E-state index in [4.69, 9.17) is 4.74 Å². The van der Waals surface area contributed by atoms with E-state index < -0.39 is 18.8 Å². The van der Waals surface area contributed by atoms with Crippen LogP contribution in [0.3, 0.4) is 0 Å². The summed E-state index contributed by atoms with van der Waals surface area (Å²) in [6.45, 7) is 1.65. The summed E-state index contributed by atoms with van der Waals surface area (Å²) in [5.74, 6) is -0.315. The van der Waals surface area contributed by atoms with E-state index in [-0.39, 0.29) is 24.3 Å². The van der Waals surface area contributed by atoms with E-state index in [1.54, 1.807) is 12.1 Å². The van der Waals surface area contributed by atoms with Gasteiger partial charge in [-0.1, -0.05) is 24.3 Å². The third-order valence-electron chi connectivity index (χ3n) is 5.13. The van der Waals surface area contributed by atoms with Crippen molar-refractivity contribution in [1.82, 2.24) is 19.9 Å². The van der Waals surface area contributed by atoms with Gasteiger partial charge in [0.1, 0.15) is 5.82 Å². The zero-order valence-electron chi connectivity index (χ0n) is 18.3. The molecule has 2 aromatic carbocycles. The van der Waals surface area contributed by atoms with Gasteiger partial charge in [0.05, 0.1) is 0 Å². The molecule has 1 aliphatic rings. The van der Waals surface area contributed by atoms with Crippen molar-refractivity contribution in [3.63, 3.8) is 0 Å². The normalized spacial score (nSPS) is 14.2. The largest absolute Gasteiger partial charge is 0.454 e. The second-order valence-electron chi connectivity index (χ2n) is 7.96. The number of aromatic nitrogens is 3. The number of ether oxygens (including phenoxy) is 1. The lowest BCUT2D eigenvalue weighted by Crippen LogP contribution is -2.21. The van der Waals surface area contributed by atoms with Gasteiger partial charge in [-0.2, -0.15) is 28.1 Å². The van der Waals surface area contributed by atoms with E-state index in [1.165, 1.54) is 25.0 Å². The lowest BCUT2D eigenvalue weighted by molar-refractivity contribution is -0.154. The fraction of sp³-hybridized carbons (Fsp3) is 0.348. The summed E-state index contributed by atoms with van der Waals surface area (Å²) in [7, 11) is 0. The van der Waals surface area contributed by atoms with Gasteiger partial charge < -0.3 is 15.4 Å². The third kappa shape index (κ3) is 7.27. The molecule has 2 N–H and O–H groups in total. The predicted octanol–water partition coefficient (Wildman–Crippen LogP) is 4.90. The van der Waals surface area contributed by atoms with Crippen LogP contribution in [0.2, 0.25) is 0 Å². The molecule has 2 heterocycles. The number of hydrogen-bond acceptors (Lipinski definition) is 7. The van der Waals surface area contributed by atoms with Gasteiger partial charge in [-0.25, -0.2) is 4.39 Å². The second-order valence-corrected chi connectivity index (χ2v) is 7.96. The van der Waals surface area contributed by atoms with Crippen molar-refractivity contribution < 1.29 is 22.3 Å². The molecule has 1 fully saturated rings. The molecule has 4 rings (SSSR count). The first-order chi connectivity index (χ1) is 16.3. The molecule has 180 valence electrons. The number of rotatable bonds is 9. The highest BCUT2D eigenvalue weighted by Gasteiger charge is 2.29. The highest BCUT2D eigenvalue weighted by molar-refractivity contribution is 5.55. The Labute approximate surface area is 194 Å². The minimum absolute atomic E-state index is 0.0206. The van der Waals surface area contributed by atoms with Crippen molar-refractivity contribution in [3.05, 3.63) is 65.5 Å². The van der Waals surface area contributed by atoms with E-state index in [2.05, 4.69) is 30.5 Å². The van der Waals surface area contributed by atoms with Crippen LogP contribution in [0, 0.1) is 5.82 Å². The van der Waals surface area contributed by atoms with Gasteiger partial charge in [-0.3, -0.25) is 4.90 Å². The molecule has 1 aromatic heterocycles. The molecule has 0 saturated carbocycles. The SMILES string of the molecule is Fc1ccc(CNc2nc(Nc3cccc(CN4CCCC4)c3)nc(OCC(F)(F)F)n2)cc1. The van der Waals surface area contributed by atoms with Crippen molar-refractivity contribution in [2.24, 2.45) is 0 Å². The molecule has 7 nitrogen and oxygen atoms in total. The molecule has 34 heavy (non-hydrogen) atoms. The fourth-order valence-corrected chi connectivity index (χ4v) is 3.56. The van der Waals surface area contributed by atoms with Crippen LogP contribution in [0.4, 0.5) is 35.1 Å². The zero-order valence-corrected chi connectivity index (χ0v) is 18.3. The van der Waals surface area contributed by atoms with Gasteiger partial charge in [0.15, 0.2) is 6.61 Å². The average molecular weight is 476 g/mol. The first-order valence-electron chi connectivity index (χ1n) is 10.8. The molecule has 0 aliphatic carbocycles. The molecule has 0 unspecified atom stereocenters. The molecule has 1 aliphatic heterocycles. The van der Waals surface area contributed by atoms with Crippen LogP contribution >= 0.6 is 0 Å². The van der Waals surface area contributed by atoms with Crippen LogP contribution in [0.1, 0.15) is 24.0 Å². The first-order valence-corrected chi connectivity index (χ1v) is 10.8. The summed E-state index contributed by atoms with van der Waals surface area (Å²) >= 11 is 0. The summed E-state index contributed by atoms with van der Waals surface area (Å²) in [5, 5.41) is 5.93. The molecule has 11 heteroatoms. The lowest BCUT2D eigenvalue weighted by atomic mass is 10.2. The molecule has 1 saturated heterocycles. The Bertz CT molecular complexity index is 1090. The Balaban J connectivity index is 1.50. The Morgan fingerprint density at radius 3 is 2.38 bits per heavy atom. The van der Waals surface area contributed by atoms with Crippen LogP contribution in [0.15, 0.2) is 48.5 Å². The summed E-state index contributed by atoms with van der Waals surface area (Å²) in [5.41, 5.74) is 2.53. The number of alkyl halides is 3. The number of benzene rings is 2. The minimum Gasteiger partial charge on any atom is -0.454 e. The summed E-state index contributed by atoms with van der Waals surface area (Å²) < 4.78 is 55.8. The summed E-state index contributed by atoms with van der Waals surface area (Å²) in [4.78, 5) is 14.5. The lowest BCUT2D eigenvalue weighted by Gasteiger charge is -2.15. The topological polar surface area (TPSA) is 75.2 Å². The van der Waals surface area contributed by atoms with Crippen LogP contribution < -0.4 is 15.4 Å². The molecular formula is C23H24F4N6O. The van der Waals surface area contributed by atoms with Gasteiger partial charge in [0.2, 0.25) is 11.9 Å². The first kappa shape index (κ1) is 23.7. The number of likely N-dealkylation sites (tertiary alicyclic amines) is 1. The summed E-state index contributed by atoms with van der Waals surface area (Å²) in [6, 6.07) is 13.0. The Hall–Kier alpha value is -3.47. The number of nitrogens with zero attached hydrogens (tertiary/aromatic N) is 4. The van der Waals surface area contributed by atoms with E-state index in [0.717, 1.165) is 30.8 Å². The smallest absolute Gasteiger partial charge is 0.422 e. The highest BCUT2D eigenvalue weighted by atomic mass is 19.4. The summed E-state index contributed by atoms with van der Waals surface area (Å²) in [6.07, 6.45) is -2.15. The average Bonchev–Trinajstić information content (AvgIpc) is 3.30. The molecule has 0 amide bonds. The van der Waals surface area contributed by atoms with Crippen molar-refractivity contribution in [2.75, 3.05) is 30.3 Å². The third-order valence-corrected chi connectivity index (χ3v) is 5.13. The van der Waals surface area contributed by atoms with Crippen LogP contribution in [0.25, 0.3) is 0 Å². The fourth-order valence-electron chi connectivity index (χ4n) is 3.56. The molecule has 0 spiro atoms. The maximum atomic E-state index is 13.1. The Morgan fingerprint density at radius 1 is 0.912 bits per heavy atom. The van der Waals surface area contributed by atoms with Crippen molar-refractivity contribution in [3.8, 4) is 6.01 Å². The maximum absolute atomic E-state index is 13.1. The Kier molecular flexibility index (Phi) is 7.41. The Morgan fingerprint density at radius 2 is 1.65 bits per heavy atom. The van der Waals surface area contributed by atoms with E-state index in [1.807, 2.05) is 24.3 Å². The molecular weight excluding hydrogens is 452 g/mol. The van der Waals surface area contributed by atoms with Gasteiger partial charge in [0, 0.05) is 18.8 Å². The van der Waals surface area contributed by atoms with Gasteiger partial charge in [-0.05, 0) is 61.3 Å². The minimum atomic E-state index is -4.54. The van der Waals surface area contributed by atoms with Crippen LogP contribution in [-0.2, 0) is 13.1 Å². The van der Waals surface area contributed by atoms with Crippen LogP contribution in [0.5, 0.6) is 6.01 Å². The zero-order chi connectivity index (χ0) is 24.0. The van der Waals surface area contributed by atoms with Gasteiger partial charge in [-0.15, -0.1) is 0 Å². The molecule has 3 aromatic rings. The maximum Gasteiger partial charge on any atom is 0.422 e. The van der Waals surface area contributed by atoms with Crippen molar-refractivity contribution in [2.45, 2.75) is 32.1 Å². The number of halogens is 4. The second kappa shape index (κ2) is 10.6. The van der Waals surface area contributed by atoms with Gasteiger partial charge >= 0.3 is 12.2 Å². The molecule has 0 bridgehead atoms.